The van der Waals surface area contributed by atoms with E-state index in [0.29, 0.717) is 11.8 Å². The van der Waals surface area contributed by atoms with Gasteiger partial charge in [-0.3, -0.25) is 0 Å². The number of methoxy groups -OCH3 is 1. The van der Waals surface area contributed by atoms with Crippen molar-refractivity contribution in [2.24, 2.45) is 11.3 Å². The molecule has 0 radical (unpaired) electrons. The monoisotopic (exact) mass is 483 g/mol. The van der Waals surface area contributed by atoms with E-state index in [4.69, 9.17) is 13.9 Å². The minimum absolute atomic E-state index is 0.0561. The molecular weight excluding hydrogens is 442 g/mol. The minimum atomic E-state index is -1.83. The van der Waals surface area contributed by atoms with E-state index in [1.54, 1.807) is 0 Å². The zero-order valence-corrected chi connectivity index (χ0v) is 22.9. The molecule has 6 heteroatoms. The normalized spacial score (nSPS) is 41.2. The Labute approximate surface area is 205 Å². The zero-order valence-electron chi connectivity index (χ0n) is 21.9. The summed E-state index contributed by atoms with van der Waals surface area (Å²) in [6, 6.07) is 4.37. The maximum Gasteiger partial charge on any atom is 0.184 e. The van der Waals surface area contributed by atoms with Crippen molar-refractivity contribution < 1.29 is 19.0 Å². The van der Waals surface area contributed by atoms with E-state index < -0.39 is 13.9 Å². The van der Waals surface area contributed by atoms with Gasteiger partial charge in [0.1, 0.15) is 11.7 Å². The third-order valence-electron chi connectivity index (χ3n) is 10.1. The topological polar surface area (TPSA) is 51.2 Å². The number of hydrogen-bond acceptors (Lipinski definition) is 5. The van der Waals surface area contributed by atoms with Gasteiger partial charge in [0.25, 0.3) is 0 Å². The fourth-order valence-electron chi connectivity index (χ4n) is 9.24. The summed E-state index contributed by atoms with van der Waals surface area (Å²) < 4.78 is 20.6. The number of rotatable bonds is 6. The number of likely N-dealkylation sites (N-methyl/N-ethyl adjacent to an activating group) is 1. The van der Waals surface area contributed by atoms with Gasteiger partial charge in [-0.2, -0.15) is 0 Å². The quantitative estimate of drug-likeness (QED) is 0.455. The van der Waals surface area contributed by atoms with Gasteiger partial charge in [-0.05, 0) is 77.5 Å². The van der Waals surface area contributed by atoms with Crippen LogP contribution >= 0.6 is 0 Å². The van der Waals surface area contributed by atoms with Crippen LogP contribution in [0.4, 0.5) is 0 Å². The molecule has 2 fully saturated rings. The molecule has 2 heterocycles. The Morgan fingerprint density at radius 1 is 1.26 bits per heavy atom. The molecule has 6 aliphatic rings. The smallest absolute Gasteiger partial charge is 0.184 e. The molecule has 1 N–H and O–H groups in total. The maximum atomic E-state index is 11.0. The molecule has 5 nitrogen and oxygen atoms in total. The largest absolute Gasteiger partial charge is 0.504 e. The van der Waals surface area contributed by atoms with Gasteiger partial charge >= 0.3 is 0 Å². The van der Waals surface area contributed by atoms with E-state index in [2.05, 4.69) is 63.7 Å². The predicted octanol–water partition coefficient (Wildman–Crippen LogP) is 5.02. The van der Waals surface area contributed by atoms with Crippen LogP contribution in [0.2, 0.25) is 19.6 Å². The van der Waals surface area contributed by atoms with E-state index in [1.165, 1.54) is 11.1 Å². The second-order valence-electron chi connectivity index (χ2n) is 12.8. The summed E-state index contributed by atoms with van der Waals surface area (Å²) >= 11 is 0. The van der Waals surface area contributed by atoms with Crippen LogP contribution in [0.3, 0.4) is 0 Å². The van der Waals surface area contributed by atoms with Gasteiger partial charge in [0.05, 0.1) is 11.0 Å². The highest BCUT2D eigenvalue weighted by atomic mass is 28.4. The van der Waals surface area contributed by atoms with Gasteiger partial charge < -0.3 is 23.9 Å². The number of phenolic OH excluding ortho intramolecular Hbond substituents is 1. The van der Waals surface area contributed by atoms with Gasteiger partial charge in [-0.25, -0.2) is 0 Å². The first-order valence-electron chi connectivity index (χ1n) is 13.2. The van der Waals surface area contributed by atoms with Crippen LogP contribution in [-0.4, -0.2) is 62.4 Å². The molecular formula is C28H41NO4Si. The molecule has 2 aliphatic heterocycles. The van der Waals surface area contributed by atoms with Crippen molar-refractivity contribution in [2.45, 2.75) is 94.4 Å². The van der Waals surface area contributed by atoms with E-state index in [9.17, 15) is 5.11 Å². The Balaban J connectivity index is 1.61. The van der Waals surface area contributed by atoms with Crippen LogP contribution in [0.5, 0.6) is 11.5 Å². The zero-order chi connectivity index (χ0) is 24.3. The van der Waals surface area contributed by atoms with Crippen LogP contribution in [-0.2, 0) is 21.0 Å². The highest BCUT2D eigenvalue weighted by Gasteiger charge is 2.80. The molecule has 34 heavy (non-hydrogen) atoms. The van der Waals surface area contributed by atoms with Crippen LogP contribution < -0.4 is 4.74 Å². The lowest BCUT2D eigenvalue weighted by Crippen LogP contribution is -2.80. The first-order chi connectivity index (χ1) is 16.0. The highest BCUT2D eigenvalue weighted by Crippen LogP contribution is 2.75. The van der Waals surface area contributed by atoms with Crippen molar-refractivity contribution in [3.63, 3.8) is 0 Å². The van der Waals surface area contributed by atoms with Gasteiger partial charge in [0.2, 0.25) is 0 Å². The molecule has 0 amide bonds. The van der Waals surface area contributed by atoms with Crippen molar-refractivity contribution >= 4 is 8.32 Å². The summed E-state index contributed by atoms with van der Waals surface area (Å²) in [5.41, 5.74) is 1.50. The van der Waals surface area contributed by atoms with E-state index in [1.807, 2.05) is 13.2 Å². The molecule has 7 atom stereocenters. The number of piperidine rings is 1. The number of likely N-dealkylation sites (tertiary alicyclic amines) is 1. The molecule has 1 saturated carbocycles. The fourth-order valence-corrected chi connectivity index (χ4v) is 10.9. The van der Waals surface area contributed by atoms with Crippen molar-refractivity contribution in [3.8, 4) is 11.5 Å². The molecule has 1 aromatic carbocycles. The van der Waals surface area contributed by atoms with Crippen molar-refractivity contribution in [2.75, 3.05) is 20.7 Å². The summed E-state index contributed by atoms with van der Waals surface area (Å²) in [4.78, 5) is 2.58. The summed E-state index contributed by atoms with van der Waals surface area (Å²) in [6.07, 6.45) is 9.82. The molecule has 7 unspecified atom stereocenters. The number of ether oxygens (including phenoxy) is 2. The summed E-state index contributed by atoms with van der Waals surface area (Å²) in [5, 5.41) is 11.0. The van der Waals surface area contributed by atoms with E-state index >= 15 is 0 Å². The highest BCUT2D eigenvalue weighted by molar-refractivity contribution is 6.69. The van der Waals surface area contributed by atoms with Gasteiger partial charge in [0, 0.05) is 30.0 Å². The summed E-state index contributed by atoms with van der Waals surface area (Å²) in [6.45, 7) is 12.5. The first-order valence-corrected chi connectivity index (χ1v) is 16.6. The first kappa shape index (κ1) is 23.1. The minimum Gasteiger partial charge on any atom is -0.504 e. The number of fused-ring (bicyclic) bond motifs is 1. The molecule has 1 aromatic rings. The lowest BCUT2D eigenvalue weighted by molar-refractivity contribution is -0.244. The molecule has 186 valence electrons. The molecule has 1 saturated heterocycles. The number of hydrogen-bond donors (Lipinski definition) is 1. The molecule has 4 aliphatic carbocycles. The second kappa shape index (κ2) is 6.90. The van der Waals surface area contributed by atoms with Crippen LogP contribution in [0.15, 0.2) is 24.3 Å². The Morgan fingerprint density at radius 3 is 2.71 bits per heavy atom. The van der Waals surface area contributed by atoms with Gasteiger partial charge in [-0.15, -0.1) is 0 Å². The Bertz CT molecular complexity index is 1070. The second-order valence-corrected chi connectivity index (χ2v) is 17.3. The summed E-state index contributed by atoms with van der Waals surface area (Å²) in [5.74, 6) is 1.16. The maximum absolute atomic E-state index is 11.0. The van der Waals surface area contributed by atoms with Crippen LogP contribution in [0, 0.1) is 11.3 Å². The number of phenols is 1. The Kier molecular flexibility index (Phi) is 4.68. The Hall–Kier alpha value is -1.34. The predicted molar refractivity (Wildman–Crippen MR) is 136 cm³/mol. The molecule has 4 bridgehead atoms. The van der Waals surface area contributed by atoms with Crippen LogP contribution in [0.1, 0.15) is 50.7 Å². The number of aromatic hydroxyl groups is 1. The van der Waals surface area contributed by atoms with E-state index in [-0.39, 0.29) is 34.2 Å². The fraction of sp³-hybridized carbons (Fsp3) is 0.714. The Morgan fingerprint density at radius 2 is 2.03 bits per heavy atom. The lowest BCUT2D eigenvalue weighted by Gasteiger charge is -2.72. The lowest BCUT2D eigenvalue weighted by atomic mass is 9.36. The van der Waals surface area contributed by atoms with Gasteiger partial charge in [-0.1, -0.05) is 31.6 Å². The standard InChI is InChI=1S/C28H41NO4Si/c1-8-11-25(2,33-34(5,6)7)20-17-26-12-13-28(20,31-4)24-27(26)14-15-29(3)21(26)16-18-9-10-19(30)23(32-24)22(18)27/h9-10,12-13,20-21,24,30H,8,11,14-17H2,1-7H3. The van der Waals surface area contributed by atoms with E-state index in [0.717, 1.165) is 38.6 Å². The van der Waals surface area contributed by atoms with Crippen molar-refractivity contribution in [1.82, 2.24) is 4.90 Å². The average molecular weight is 484 g/mol. The average Bonchev–Trinajstić information content (AvgIpc) is 3.14. The molecule has 2 spiro atoms. The summed E-state index contributed by atoms with van der Waals surface area (Å²) in [7, 11) is 2.32. The third-order valence-corrected chi connectivity index (χ3v) is 11.2. The molecule has 0 aromatic heterocycles. The van der Waals surface area contributed by atoms with Gasteiger partial charge in [0.15, 0.2) is 19.8 Å². The van der Waals surface area contributed by atoms with Crippen molar-refractivity contribution in [3.05, 3.63) is 35.4 Å². The molecule has 7 rings (SSSR count). The SMILES string of the molecule is CCCC(C)(O[Si](C)(C)C)C1CC23C=CC1(OC)C1Oc4c(O)ccc5c4C12CCN(C)C3C5. The third kappa shape index (κ3) is 2.51. The van der Waals surface area contributed by atoms with Crippen LogP contribution in [0.25, 0.3) is 0 Å². The van der Waals surface area contributed by atoms with Crippen molar-refractivity contribution in [1.29, 1.82) is 0 Å². The number of nitrogens with zero attached hydrogens (tertiary/aromatic N) is 1. The number of benzene rings is 1.